The Morgan fingerprint density at radius 2 is 1.59 bits per heavy atom. The fourth-order valence-electron chi connectivity index (χ4n) is 4.14. The monoisotopic (exact) mass is 468 g/mol. The van der Waals surface area contributed by atoms with E-state index in [1.165, 1.54) is 7.11 Å². The molecular weight excluding hydrogens is 436 g/mol. The van der Waals surface area contributed by atoms with Gasteiger partial charge in [0, 0.05) is 12.3 Å². The number of amides is 2. The second-order valence-electron chi connectivity index (χ2n) is 9.57. The fourth-order valence-corrected chi connectivity index (χ4v) is 4.14. The zero-order chi connectivity index (χ0) is 24.9. The molecule has 0 saturated heterocycles. The number of carboxylic acid groups (broad SMARTS) is 1. The number of hydrogen-bond donors (Lipinski definition) is 2. The van der Waals surface area contributed by atoms with E-state index in [1.807, 2.05) is 69.3 Å². The van der Waals surface area contributed by atoms with Gasteiger partial charge in [-0.25, -0.2) is 9.86 Å². The van der Waals surface area contributed by atoms with Gasteiger partial charge in [0.25, 0.3) is 5.91 Å². The van der Waals surface area contributed by atoms with Crippen LogP contribution in [0.3, 0.4) is 0 Å². The van der Waals surface area contributed by atoms with E-state index in [9.17, 15) is 14.4 Å². The van der Waals surface area contributed by atoms with Gasteiger partial charge in [0.1, 0.15) is 12.6 Å². The van der Waals surface area contributed by atoms with Gasteiger partial charge >= 0.3 is 12.1 Å². The summed E-state index contributed by atoms with van der Waals surface area (Å²) in [5.41, 5.74) is 4.11. The van der Waals surface area contributed by atoms with Crippen LogP contribution in [-0.4, -0.2) is 54.4 Å². The molecule has 2 amide bonds. The molecule has 0 saturated carbocycles. The largest absolute Gasteiger partial charge is 0.481 e. The summed E-state index contributed by atoms with van der Waals surface area (Å²) in [5.74, 6) is -1.71. The predicted octanol–water partition coefficient (Wildman–Crippen LogP) is 4.19. The molecule has 8 nitrogen and oxygen atoms in total. The number of carbonyl (C=O) groups is 3. The lowest BCUT2D eigenvalue weighted by Gasteiger charge is -2.30. The Kier molecular flexibility index (Phi) is 7.94. The lowest BCUT2D eigenvalue weighted by atomic mass is 9.96. The summed E-state index contributed by atoms with van der Waals surface area (Å²) in [6.07, 6.45) is -1.15. The van der Waals surface area contributed by atoms with E-state index in [1.54, 1.807) is 0 Å². The average Bonchev–Trinajstić information content (AvgIpc) is 3.11. The van der Waals surface area contributed by atoms with Crippen LogP contribution >= 0.6 is 0 Å². The third kappa shape index (κ3) is 6.14. The number of nitrogens with zero attached hydrogens (tertiary/aromatic N) is 1. The molecule has 182 valence electrons. The van der Waals surface area contributed by atoms with Crippen molar-refractivity contribution in [2.24, 2.45) is 5.41 Å². The van der Waals surface area contributed by atoms with Crippen molar-refractivity contribution in [3.63, 3.8) is 0 Å². The van der Waals surface area contributed by atoms with Crippen molar-refractivity contribution in [3.8, 4) is 11.1 Å². The molecule has 1 aliphatic rings. The maximum absolute atomic E-state index is 13.0. The molecule has 34 heavy (non-hydrogen) atoms. The topological polar surface area (TPSA) is 105 Å². The molecule has 8 heteroatoms. The number of ether oxygens (including phenoxy) is 1. The molecule has 0 fully saturated rings. The fraction of sp³-hybridized carbons (Fsp3) is 0.423. The van der Waals surface area contributed by atoms with Crippen molar-refractivity contribution in [3.05, 3.63) is 59.7 Å². The molecule has 2 N–H and O–H groups in total. The highest BCUT2D eigenvalue weighted by Gasteiger charge is 2.32. The number of hydroxylamine groups is 2. The predicted molar refractivity (Wildman–Crippen MR) is 127 cm³/mol. The summed E-state index contributed by atoms with van der Waals surface area (Å²) in [4.78, 5) is 42.0. The van der Waals surface area contributed by atoms with E-state index < -0.39 is 24.0 Å². The molecule has 3 rings (SSSR count). The maximum atomic E-state index is 13.0. The number of nitrogens with one attached hydrogen (secondary N) is 1. The molecule has 0 aromatic heterocycles. The number of benzene rings is 2. The van der Waals surface area contributed by atoms with Gasteiger partial charge in [-0.2, -0.15) is 0 Å². The lowest BCUT2D eigenvalue weighted by molar-refractivity contribution is -0.184. The summed E-state index contributed by atoms with van der Waals surface area (Å²) in [6.45, 7) is 6.19. The van der Waals surface area contributed by atoms with Gasteiger partial charge in [-0.05, 0) is 34.1 Å². The van der Waals surface area contributed by atoms with E-state index in [-0.39, 0.29) is 37.3 Å². The van der Waals surface area contributed by atoms with E-state index in [2.05, 4.69) is 5.32 Å². The van der Waals surface area contributed by atoms with Crippen molar-refractivity contribution in [1.82, 2.24) is 10.4 Å². The van der Waals surface area contributed by atoms with Gasteiger partial charge in [0.2, 0.25) is 0 Å². The van der Waals surface area contributed by atoms with Crippen molar-refractivity contribution < 1.29 is 29.1 Å². The third-order valence-corrected chi connectivity index (χ3v) is 5.66. The molecule has 0 spiro atoms. The highest BCUT2D eigenvalue weighted by atomic mass is 16.7. The van der Waals surface area contributed by atoms with Crippen LogP contribution in [0.15, 0.2) is 48.5 Å². The van der Waals surface area contributed by atoms with Gasteiger partial charge in [-0.15, -0.1) is 0 Å². The molecule has 1 aliphatic carbocycles. The van der Waals surface area contributed by atoms with E-state index in [0.29, 0.717) is 0 Å². The van der Waals surface area contributed by atoms with Crippen molar-refractivity contribution in [2.45, 2.75) is 45.6 Å². The van der Waals surface area contributed by atoms with Gasteiger partial charge < -0.3 is 15.2 Å². The molecular formula is C26H32N2O6. The van der Waals surface area contributed by atoms with Crippen LogP contribution in [0.2, 0.25) is 0 Å². The zero-order valence-corrected chi connectivity index (χ0v) is 20.0. The van der Waals surface area contributed by atoms with E-state index in [4.69, 9.17) is 14.7 Å². The van der Waals surface area contributed by atoms with Crippen LogP contribution in [0, 0.1) is 5.41 Å². The highest BCUT2D eigenvalue weighted by molar-refractivity contribution is 5.85. The van der Waals surface area contributed by atoms with Crippen molar-refractivity contribution in [2.75, 3.05) is 20.3 Å². The number of fused-ring (bicyclic) bond motifs is 3. The maximum Gasteiger partial charge on any atom is 0.407 e. The second kappa shape index (κ2) is 10.7. The smallest absolute Gasteiger partial charge is 0.407 e. The molecule has 1 atom stereocenters. The third-order valence-electron chi connectivity index (χ3n) is 5.66. The summed E-state index contributed by atoms with van der Waals surface area (Å²) >= 11 is 0. The van der Waals surface area contributed by atoms with Gasteiger partial charge in [0.15, 0.2) is 0 Å². The van der Waals surface area contributed by atoms with Gasteiger partial charge in [-0.1, -0.05) is 69.3 Å². The standard InChI is InChI=1S/C26H32N2O6/c1-26(2,3)16-28(33-4)24(31)22(13-14-23(29)30)27-25(32)34-15-21-19-11-7-5-9-17(19)18-10-6-8-12-20(18)21/h5-12,21-22H,13-16H2,1-4H3,(H,27,32)(H,29,30). The highest BCUT2D eigenvalue weighted by Crippen LogP contribution is 2.44. The molecule has 0 bridgehead atoms. The van der Waals surface area contributed by atoms with Crippen LogP contribution in [0.1, 0.15) is 50.7 Å². The lowest BCUT2D eigenvalue weighted by Crippen LogP contribution is -2.50. The number of alkyl carbamates (subject to hydrolysis) is 1. The normalized spacial score (nSPS) is 13.5. The number of rotatable bonds is 9. The number of carboxylic acids is 1. The first kappa shape index (κ1) is 25.2. The Morgan fingerprint density at radius 1 is 1.03 bits per heavy atom. The van der Waals surface area contributed by atoms with Gasteiger partial charge in [0.05, 0.1) is 13.7 Å². The van der Waals surface area contributed by atoms with Crippen LogP contribution < -0.4 is 5.32 Å². The van der Waals surface area contributed by atoms with Crippen molar-refractivity contribution >= 4 is 18.0 Å². The first-order chi connectivity index (χ1) is 16.1. The van der Waals surface area contributed by atoms with Crippen LogP contribution in [0.25, 0.3) is 11.1 Å². The van der Waals surface area contributed by atoms with Crippen LogP contribution in [-0.2, 0) is 19.2 Å². The summed E-state index contributed by atoms with van der Waals surface area (Å²) in [6, 6.07) is 14.9. The Hall–Kier alpha value is -3.39. The number of carbonyl (C=O) groups excluding carboxylic acids is 2. The minimum atomic E-state index is -1.09. The molecule has 2 aromatic rings. The minimum Gasteiger partial charge on any atom is -0.481 e. The molecule has 1 unspecified atom stereocenters. The minimum absolute atomic E-state index is 0.0810. The quantitative estimate of drug-likeness (QED) is 0.535. The average molecular weight is 469 g/mol. The van der Waals surface area contributed by atoms with Crippen molar-refractivity contribution in [1.29, 1.82) is 0 Å². The Labute approximate surface area is 199 Å². The second-order valence-corrected chi connectivity index (χ2v) is 9.57. The number of hydrogen-bond acceptors (Lipinski definition) is 5. The summed E-state index contributed by atoms with van der Waals surface area (Å²) < 4.78 is 5.53. The first-order valence-corrected chi connectivity index (χ1v) is 11.3. The number of aliphatic carboxylic acids is 1. The van der Waals surface area contributed by atoms with Crippen LogP contribution in [0.5, 0.6) is 0 Å². The van der Waals surface area contributed by atoms with Gasteiger partial charge in [-0.3, -0.25) is 14.4 Å². The van der Waals surface area contributed by atoms with E-state index >= 15 is 0 Å². The van der Waals surface area contributed by atoms with Crippen LogP contribution in [0.4, 0.5) is 4.79 Å². The Balaban J connectivity index is 1.70. The molecule has 0 radical (unpaired) electrons. The summed E-state index contributed by atoms with van der Waals surface area (Å²) in [5, 5.41) is 12.8. The molecule has 0 aliphatic heterocycles. The summed E-state index contributed by atoms with van der Waals surface area (Å²) in [7, 11) is 1.37. The SMILES string of the molecule is CON(CC(C)(C)C)C(=O)C(CCC(=O)O)NC(=O)OCC1c2ccccc2-c2ccccc21. The first-order valence-electron chi connectivity index (χ1n) is 11.3. The van der Waals surface area contributed by atoms with E-state index in [0.717, 1.165) is 27.3 Å². The molecule has 0 heterocycles. The Morgan fingerprint density at radius 3 is 2.09 bits per heavy atom. The Bertz CT molecular complexity index is 1000. The zero-order valence-electron chi connectivity index (χ0n) is 20.0. The molecule has 2 aromatic carbocycles.